The van der Waals surface area contributed by atoms with Crippen molar-refractivity contribution in [3.8, 4) is 0 Å². The van der Waals surface area contributed by atoms with E-state index < -0.39 is 0 Å². The summed E-state index contributed by atoms with van der Waals surface area (Å²) in [6.07, 6.45) is 13.6. The highest BCUT2D eigenvalue weighted by molar-refractivity contribution is 5.75. The molecular weight excluding hydrogens is 248 g/mol. The molecule has 3 nitrogen and oxygen atoms in total. The minimum absolute atomic E-state index is 0.208. The van der Waals surface area contributed by atoms with Gasteiger partial charge in [0.25, 0.3) is 0 Å². The van der Waals surface area contributed by atoms with Gasteiger partial charge in [-0.25, -0.2) is 0 Å². The molecule has 1 aliphatic rings. The average molecular weight is 280 g/mol. The van der Waals surface area contributed by atoms with Gasteiger partial charge < -0.3 is 11.1 Å². The molecule has 0 fully saturated rings. The maximum Gasteiger partial charge on any atom is 0.220 e. The average Bonchev–Trinajstić information content (AvgIpc) is 2.46. The summed E-state index contributed by atoms with van der Waals surface area (Å²) in [5.41, 5.74) is 7.15. The lowest BCUT2D eigenvalue weighted by molar-refractivity contribution is -0.121. The van der Waals surface area contributed by atoms with E-state index in [0.29, 0.717) is 12.3 Å². The first-order valence-corrected chi connectivity index (χ1v) is 8.41. The Labute approximate surface area is 124 Å². The summed E-state index contributed by atoms with van der Waals surface area (Å²) in [4.78, 5) is 11.8. The number of carbonyl (C=O) groups is 1. The van der Waals surface area contributed by atoms with Crippen molar-refractivity contribution in [1.82, 2.24) is 5.32 Å². The molecule has 1 amide bonds. The molecule has 0 spiro atoms. The van der Waals surface area contributed by atoms with Gasteiger partial charge in [-0.15, -0.1) is 0 Å². The summed E-state index contributed by atoms with van der Waals surface area (Å²) in [5, 5.41) is 3.06. The van der Waals surface area contributed by atoms with Crippen LogP contribution in [-0.4, -0.2) is 19.0 Å². The van der Waals surface area contributed by atoms with Crippen molar-refractivity contribution in [2.75, 3.05) is 13.1 Å². The van der Waals surface area contributed by atoms with Gasteiger partial charge in [-0.1, -0.05) is 31.4 Å². The molecule has 1 aliphatic carbocycles. The fourth-order valence-corrected chi connectivity index (χ4v) is 2.99. The molecule has 0 aromatic rings. The van der Waals surface area contributed by atoms with Crippen molar-refractivity contribution in [3.63, 3.8) is 0 Å². The van der Waals surface area contributed by atoms with E-state index in [1.54, 1.807) is 0 Å². The molecule has 3 N–H and O–H groups in total. The Bertz CT molecular complexity index is 293. The van der Waals surface area contributed by atoms with E-state index in [9.17, 15) is 4.79 Å². The van der Waals surface area contributed by atoms with Crippen molar-refractivity contribution in [3.05, 3.63) is 11.6 Å². The fraction of sp³-hybridized carbons (Fsp3) is 0.824. The first kappa shape index (κ1) is 17.2. The van der Waals surface area contributed by atoms with Crippen molar-refractivity contribution < 1.29 is 4.79 Å². The molecule has 1 rings (SSSR count). The van der Waals surface area contributed by atoms with Crippen LogP contribution in [0.5, 0.6) is 0 Å². The molecule has 1 atom stereocenters. The maximum absolute atomic E-state index is 11.8. The van der Waals surface area contributed by atoms with Crippen LogP contribution < -0.4 is 11.1 Å². The first-order chi connectivity index (χ1) is 9.76. The van der Waals surface area contributed by atoms with Gasteiger partial charge in [-0.2, -0.15) is 0 Å². The van der Waals surface area contributed by atoms with E-state index >= 15 is 0 Å². The van der Waals surface area contributed by atoms with Crippen LogP contribution in [0, 0.1) is 5.92 Å². The van der Waals surface area contributed by atoms with Crippen LogP contribution in [0.2, 0.25) is 0 Å². The SMILES string of the molecule is CCCC(CCN)CCC(=O)NCCC1=CCCCC1. The van der Waals surface area contributed by atoms with Crippen LogP contribution in [0.15, 0.2) is 11.6 Å². The van der Waals surface area contributed by atoms with Gasteiger partial charge in [0.05, 0.1) is 0 Å². The Hall–Kier alpha value is -0.830. The summed E-state index contributed by atoms with van der Waals surface area (Å²) < 4.78 is 0. The van der Waals surface area contributed by atoms with Gasteiger partial charge >= 0.3 is 0 Å². The van der Waals surface area contributed by atoms with Crippen molar-refractivity contribution >= 4 is 5.91 Å². The second kappa shape index (κ2) is 10.9. The standard InChI is InChI=1S/C17H32N2O/c1-2-6-15(11-13-18)9-10-17(20)19-14-12-16-7-4-3-5-8-16/h7,15H,2-6,8-14,18H2,1H3,(H,19,20). The number of nitrogens with two attached hydrogens (primary N) is 1. The van der Waals surface area contributed by atoms with Crippen molar-refractivity contribution in [2.24, 2.45) is 11.7 Å². The van der Waals surface area contributed by atoms with Gasteiger partial charge in [0.15, 0.2) is 0 Å². The molecule has 0 aromatic heterocycles. The largest absolute Gasteiger partial charge is 0.356 e. The Balaban J connectivity index is 2.11. The van der Waals surface area contributed by atoms with Gasteiger partial charge in [0.2, 0.25) is 5.91 Å². The van der Waals surface area contributed by atoms with E-state index in [1.165, 1.54) is 44.1 Å². The lowest BCUT2D eigenvalue weighted by Crippen LogP contribution is -2.25. The number of nitrogens with one attached hydrogen (secondary N) is 1. The monoisotopic (exact) mass is 280 g/mol. The van der Waals surface area contributed by atoms with E-state index in [4.69, 9.17) is 5.73 Å². The zero-order valence-electron chi connectivity index (χ0n) is 13.1. The quantitative estimate of drug-likeness (QED) is 0.601. The lowest BCUT2D eigenvalue weighted by Gasteiger charge is -2.15. The zero-order valence-corrected chi connectivity index (χ0v) is 13.1. The summed E-state index contributed by atoms with van der Waals surface area (Å²) in [7, 11) is 0. The van der Waals surface area contributed by atoms with E-state index in [0.717, 1.165) is 32.4 Å². The van der Waals surface area contributed by atoms with E-state index in [-0.39, 0.29) is 5.91 Å². The van der Waals surface area contributed by atoms with Gasteiger partial charge in [-0.05, 0) is 57.4 Å². The van der Waals surface area contributed by atoms with Crippen LogP contribution in [-0.2, 0) is 4.79 Å². The third-order valence-corrected chi connectivity index (χ3v) is 4.20. The van der Waals surface area contributed by atoms with E-state index in [1.807, 2.05) is 0 Å². The number of amides is 1. The smallest absolute Gasteiger partial charge is 0.220 e. The predicted octanol–water partition coefficient (Wildman–Crippen LogP) is 3.54. The Kier molecular flexibility index (Phi) is 9.38. The van der Waals surface area contributed by atoms with Crippen LogP contribution in [0.4, 0.5) is 0 Å². The minimum Gasteiger partial charge on any atom is -0.356 e. The highest BCUT2D eigenvalue weighted by atomic mass is 16.1. The molecule has 0 aromatic carbocycles. The minimum atomic E-state index is 0.208. The summed E-state index contributed by atoms with van der Waals surface area (Å²) in [5.74, 6) is 0.830. The zero-order chi connectivity index (χ0) is 14.6. The lowest BCUT2D eigenvalue weighted by atomic mass is 9.94. The number of allylic oxidation sites excluding steroid dienone is 1. The molecule has 116 valence electrons. The second-order valence-corrected chi connectivity index (χ2v) is 5.98. The van der Waals surface area contributed by atoms with Crippen LogP contribution >= 0.6 is 0 Å². The fourth-order valence-electron chi connectivity index (χ4n) is 2.99. The van der Waals surface area contributed by atoms with Crippen molar-refractivity contribution in [1.29, 1.82) is 0 Å². The summed E-state index contributed by atoms with van der Waals surface area (Å²) >= 11 is 0. The topological polar surface area (TPSA) is 55.1 Å². The third-order valence-electron chi connectivity index (χ3n) is 4.20. The molecule has 0 bridgehead atoms. The first-order valence-electron chi connectivity index (χ1n) is 8.41. The molecule has 20 heavy (non-hydrogen) atoms. The van der Waals surface area contributed by atoms with Crippen LogP contribution in [0.25, 0.3) is 0 Å². The van der Waals surface area contributed by atoms with Gasteiger partial charge in [0, 0.05) is 13.0 Å². The molecule has 0 saturated carbocycles. The van der Waals surface area contributed by atoms with Crippen LogP contribution in [0.1, 0.15) is 71.1 Å². The number of hydrogen-bond acceptors (Lipinski definition) is 2. The third kappa shape index (κ3) is 7.68. The normalized spacial score (nSPS) is 16.6. The predicted molar refractivity (Wildman–Crippen MR) is 85.5 cm³/mol. The van der Waals surface area contributed by atoms with E-state index in [2.05, 4.69) is 18.3 Å². The molecule has 0 saturated heterocycles. The van der Waals surface area contributed by atoms with Gasteiger partial charge in [-0.3, -0.25) is 4.79 Å². The molecule has 3 heteroatoms. The second-order valence-electron chi connectivity index (χ2n) is 5.98. The number of rotatable bonds is 10. The molecule has 1 unspecified atom stereocenters. The summed E-state index contributed by atoms with van der Waals surface area (Å²) in [6.45, 7) is 3.74. The molecule has 0 aliphatic heterocycles. The highest BCUT2D eigenvalue weighted by Crippen LogP contribution is 2.19. The Morgan fingerprint density at radius 1 is 1.35 bits per heavy atom. The van der Waals surface area contributed by atoms with Crippen molar-refractivity contribution in [2.45, 2.75) is 71.1 Å². The van der Waals surface area contributed by atoms with Crippen LogP contribution in [0.3, 0.4) is 0 Å². The Morgan fingerprint density at radius 2 is 2.20 bits per heavy atom. The Morgan fingerprint density at radius 3 is 2.85 bits per heavy atom. The summed E-state index contributed by atoms with van der Waals surface area (Å²) in [6, 6.07) is 0. The molecule has 0 radical (unpaired) electrons. The van der Waals surface area contributed by atoms with Gasteiger partial charge in [0.1, 0.15) is 0 Å². The maximum atomic E-state index is 11.8. The molecular formula is C17H32N2O. The highest BCUT2D eigenvalue weighted by Gasteiger charge is 2.10. The number of hydrogen-bond donors (Lipinski definition) is 2. The number of carbonyl (C=O) groups excluding carboxylic acids is 1. The molecule has 0 heterocycles.